The molecule has 16 nitrogen and oxygen atoms in total. The number of nitrogens with zero attached hydrogens (tertiary/aromatic N) is 8. The molecule has 4 heterocycles. The highest BCUT2D eigenvalue weighted by Crippen LogP contribution is 2.45. The molecule has 5 fully saturated rings. The van der Waals surface area contributed by atoms with E-state index in [0.717, 1.165) is 235 Å². The molecule has 590 valence electrons. The number of amides is 4. The zero-order valence-electron chi connectivity index (χ0n) is 66.1. The van der Waals surface area contributed by atoms with E-state index in [0.29, 0.717) is 71.6 Å². The van der Waals surface area contributed by atoms with Gasteiger partial charge in [0.15, 0.2) is 23.3 Å². The van der Waals surface area contributed by atoms with Crippen LogP contribution in [0, 0.1) is 41.0 Å². The van der Waals surface area contributed by atoms with Crippen LogP contribution >= 0.6 is 0 Å². The predicted octanol–water partition coefficient (Wildman–Crippen LogP) is 21.6. The first-order chi connectivity index (χ1) is 54.4. The Bertz CT molecular complexity index is 4750. The summed E-state index contributed by atoms with van der Waals surface area (Å²) < 4.78 is 54.7. The van der Waals surface area contributed by atoms with Crippen molar-refractivity contribution in [2.75, 3.05) is 21.3 Å². The first-order valence-corrected chi connectivity index (χ1v) is 42.3. The Morgan fingerprint density at radius 1 is 0.366 bits per heavy atom. The van der Waals surface area contributed by atoms with Gasteiger partial charge in [0.1, 0.15) is 23.3 Å². The van der Waals surface area contributed by atoms with Gasteiger partial charge in [-0.25, -0.2) is 57.4 Å². The number of halogens is 4. The van der Waals surface area contributed by atoms with Crippen LogP contribution in [0.5, 0.6) is 0 Å². The molecular formula is C92H110F4N12O4. The number of fused-ring (bicyclic) bond motifs is 12. The number of hydrogen-bond donors (Lipinski definition) is 4. The summed E-state index contributed by atoms with van der Waals surface area (Å²) in [5.74, 6) is 3.77. The lowest BCUT2D eigenvalue weighted by atomic mass is 9.85. The number of hydrogen-bond acceptors (Lipinski definition) is 12. The van der Waals surface area contributed by atoms with Crippen LogP contribution in [0.1, 0.15) is 306 Å². The second kappa shape index (κ2) is 36.7. The van der Waals surface area contributed by atoms with E-state index in [1.54, 1.807) is 30.3 Å². The molecule has 0 radical (unpaired) electrons. The number of carbonyl (C=O) groups excluding carboxylic acids is 4. The van der Waals surface area contributed by atoms with Gasteiger partial charge in [0.05, 0.1) is 68.3 Å². The van der Waals surface area contributed by atoms with Crippen molar-refractivity contribution >= 4 is 46.9 Å². The average Bonchev–Trinajstić information content (AvgIpc) is 0.783. The Morgan fingerprint density at radius 2 is 0.652 bits per heavy atom. The highest BCUT2D eigenvalue weighted by atomic mass is 19.1. The molecule has 9 aliphatic rings. The number of aromatic nitrogens is 8. The van der Waals surface area contributed by atoms with Gasteiger partial charge in [0.2, 0.25) is 23.6 Å². The van der Waals surface area contributed by atoms with Gasteiger partial charge in [0.25, 0.3) is 0 Å². The Morgan fingerprint density at radius 3 is 0.946 bits per heavy atom. The third-order valence-electron chi connectivity index (χ3n) is 24.7. The molecule has 4 N–H and O–H groups in total. The van der Waals surface area contributed by atoms with Crippen molar-refractivity contribution < 1.29 is 36.7 Å². The van der Waals surface area contributed by atoms with Crippen molar-refractivity contribution in [2.45, 2.75) is 289 Å². The van der Waals surface area contributed by atoms with Crippen LogP contribution in [0.15, 0.2) is 72.8 Å². The summed E-state index contributed by atoms with van der Waals surface area (Å²) in [7, 11) is 0. The average molecular weight is 1520 g/mol. The fourth-order valence-electron chi connectivity index (χ4n) is 18.5. The molecule has 0 aliphatic heterocycles. The van der Waals surface area contributed by atoms with Crippen molar-refractivity contribution in [1.82, 2.24) is 39.9 Å². The highest BCUT2D eigenvalue weighted by Gasteiger charge is 2.34. The zero-order valence-corrected chi connectivity index (χ0v) is 66.1. The second-order valence-electron chi connectivity index (χ2n) is 33.4. The third-order valence-corrected chi connectivity index (χ3v) is 24.7. The van der Waals surface area contributed by atoms with Gasteiger partial charge in [-0.3, -0.25) is 19.2 Å². The lowest BCUT2D eigenvalue weighted by Gasteiger charge is -2.27. The van der Waals surface area contributed by atoms with E-state index >= 15 is 0 Å². The Balaban J connectivity index is 0.000000124. The van der Waals surface area contributed by atoms with Crippen LogP contribution in [0.4, 0.5) is 40.8 Å². The number of rotatable bonds is 14. The van der Waals surface area contributed by atoms with Gasteiger partial charge in [-0.1, -0.05) is 124 Å². The lowest BCUT2D eigenvalue weighted by Crippen LogP contribution is -2.24. The maximum Gasteiger partial charge on any atom is 0.228 e. The number of aryl methyl sites for hydroxylation is 8. The van der Waals surface area contributed by atoms with Crippen LogP contribution in [-0.2, 0) is 70.5 Å². The quantitative estimate of drug-likeness (QED) is 0.0747. The number of nitrogens with one attached hydrogen (secondary N) is 4. The van der Waals surface area contributed by atoms with Gasteiger partial charge in [-0.15, -0.1) is 0 Å². The van der Waals surface area contributed by atoms with Gasteiger partial charge in [-0.2, -0.15) is 0 Å². The topological polar surface area (TPSA) is 220 Å². The fourth-order valence-corrected chi connectivity index (χ4v) is 18.5. The number of anilines is 4. The second-order valence-corrected chi connectivity index (χ2v) is 33.4. The Hall–Kier alpha value is -9.20. The van der Waals surface area contributed by atoms with Crippen molar-refractivity contribution in [1.29, 1.82) is 0 Å². The van der Waals surface area contributed by atoms with Crippen LogP contribution in [0.2, 0.25) is 0 Å². The molecule has 0 saturated heterocycles. The Kier molecular flexibility index (Phi) is 26.1. The standard InChI is InChI=1S/C26H32FN3O.2C23H28FN3O.C20H22FN3O/c27-20-12-13-21-19(16-20)11-14-22-25(21)30-24(18-9-5-2-6-10-18)26(28-22)29-23(31)15-17-7-3-1-4-8-17;1-14(2)12-20(28)26-23-21(15-6-4-3-5-7-15)27-22-18-10-9-17(24)13-16(18)8-11-19(22)25-23;1-3-14(2)23(28)27-22-20(15-7-5-4-6-8-15)26-21-18-11-10-17(24)13-16(18)9-12-19(21)25-22;1-12(25)22-20-18(13-5-3-2-4-6-13)24-19-16-9-8-15(21)11-14(16)7-10-17(19)23-20/h12-13,16-18H,1-11,14-15H2,(H,28,29,31);9-10,13-15H,3-8,11-12H2,1-2H3,(H,25,26,28);10-11,13-15H,3-9,12H2,1-2H3,(H,25,27,28);8-9,11,13H,2-7,10H2,1H3,(H,22,23,25). The first-order valence-electron chi connectivity index (χ1n) is 42.3. The molecule has 8 aromatic rings. The summed E-state index contributed by atoms with van der Waals surface area (Å²) in [4.78, 5) is 89.2. The molecular weight excluding hydrogens is 1410 g/mol. The fraction of sp³-hybridized carbons (Fsp3) is 0.522. The van der Waals surface area contributed by atoms with Gasteiger partial charge in [0, 0.05) is 71.6 Å². The first kappa shape index (κ1) is 79.4. The number of carbonyl (C=O) groups is 4. The zero-order chi connectivity index (χ0) is 77.9. The van der Waals surface area contributed by atoms with E-state index in [9.17, 15) is 36.7 Å². The van der Waals surface area contributed by atoms with Gasteiger partial charge < -0.3 is 21.3 Å². The maximum atomic E-state index is 13.8. The monoisotopic (exact) mass is 1520 g/mol. The molecule has 0 bridgehead atoms. The minimum Gasteiger partial charge on any atom is -0.309 e. The van der Waals surface area contributed by atoms with E-state index in [-0.39, 0.29) is 52.8 Å². The van der Waals surface area contributed by atoms with Crippen LogP contribution in [-0.4, -0.2) is 63.5 Å². The molecule has 17 rings (SSSR count). The van der Waals surface area contributed by atoms with Crippen LogP contribution in [0.3, 0.4) is 0 Å². The summed E-state index contributed by atoms with van der Waals surface area (Å²) in [6.45, 7) is 9.53. The smallest absolute Gasteiger partial charge is 0.228 e. The third kappa shape index (κ3) is 19.2. The Labute approximate surface area is 657 Å². The summed E-state index contributed by atoms with van der Waals surface area (Å²) in [6, 6.07) is 19.7. The predicted molar refractivity (Wildman–Crippen MR) is 433 cm³/mol. The van der Waals surface area contributed by atoms with Crippen LogP contribution < -0.4 is 21.3 Å². The summed E-state index contributed by atoms with van der Waals surface area (Å²) in [5.41, 5.74) is 18.6. The van der Waals surface area contributed by atoms with Crippen molar-refractivity contribution in [2.24, 2.45) is 17.8 Å². The molecule has 0 spiro atoms. The van der Waals surface area contributed by atoms with E-state index in [4.69, 9.17) is 39.9 Å². The summed E-state index contributed by atoms with van der Waals surface area (Å²) in [6.07, 6.45) is 37.0. The van der Waals surface area contributed by atoms with Crippen molar-refractivity contribution in [3.05, 3.63) is 164 Å². The molecule has 4 aromatic carbocycles. The van der Waals surface area contributed by atoms with E-state index in [1.165, 1.54) is 128 Å². The highest BCUT2D eigenvalue weighted by molar-refractivity contribution is 5.93. The van der Waals surface area contributed by atoms with Crippen molar-refractivity contribution in [3.8, 4) is 45.0 Å². The summed E-state index contributed by atoms with van der Waals surface area (Å²) >= 11 is 0. The molecule has 1 unspecified atom stereocenters. The van der Waals surface area contributed by atoms with Crippen molar-refractivity contribution in [3.63, 3.8) is 0 Å². The van der Waals surface area contributed by atoms with E-state index < -0.39 is 0 Å². The molecule has 20 heteroatoms. The lowest BCUT2D eigenvalue weighted by molar-refractivity contribution is -0.119. The molecule has 9 aliphatic carbocycles. The van der Waals surface area contributed by atoms with Gasteiger partial charge >= 0.3 is 0 Å². The number of benzene rings is 4. The molecule has 5 saturated carbocycles. The molecule has 1 atom stereocenters. The largest absolute Gasteiger partial charge is 0.309 e. The van der Waals surface area contributed by atoms with Crippen LogP contribution in [0.25, 0.3) is 45.0 Å². The summed E-state index contributed by atoms with van der Waals surface area (Å²) in [5, 5.41) is 12.2. The molecule has 112 heavy (non-hydrogen) atoms. The minimum atomic E-state index is -0.211. The van der Waals surface area contributed by atoms with Gasteiger partial charge in [-0.05, 0) is 229 Å². The maximum absolute atomic E-state index is 13.8. The minimum absolute atomic E-state index is 0.000380. The SMILES string of the molecule is CC(=O)Nc1nc2c(nc1C1CCCCC1)-c1ccc(F)cc1CC2.CC(C)CC(=O)Nc1nc2c(nc1C1CCCCC1)-c1ccc(F)cc1CC2.CCC(C)C(=O)Nc1nc2c(nc1C1CCCCC1)-c1ccc(F)cc1CC2.O=C(CC1CCCCC1)Nc1nc2c(nc1C1CCCCC1)-c1ccc(F)cc1CC2. The normalized spacial score (nSPS) is 17.7. The molecule has 4 amide bonds. The molecule has 4 aromatic heterocycles. The van der Waals surface area contributed by atoms with E-state index in [2.05, 4.69) is 21.3 Å². The van der Waals surface area contributed by atoms with E-state index in [1.807, 2.05) is 45.9 Å².